The fourth-order valence-electron chi connectivity index (χ4n) is 11.5. The smallest absolute Gasteiger partial charge is 0.0615 e. The van der Waals surface area contributed by atoms with Crippen LogP contribution in [-0.2, 0) is 25.7 Å². The number of ether oxygens (including phenoxy) is 1. The van der Waals surface area contributed by atoms with Gasteiger partial charge in [-0.2, -0.15) is 0 Å². The van der Waals surface area contributed by atoms with Crippen molar-refractivity contribution in [2.45, 2.75) is 40.8 Å². The number of nitrogens with zero attached hydrogens (tertiary/aromatic N) is 5. The van der Waals surface area contributed by atoms with Crippen LogP contribution in [0.1, 0.15) is 56.7 Å². The van der Waals surface area contributed by atoms with E-state index in [0.29, 0.717) is 59.7 Å². The average Bonchev–Trinajstić information content (AvgIpc) is 1.52. The van der Waals surface area contributed by atoms with Crippen LogP contribution < -0.4 is 15.0 Å². The van der Waals surface area contributed by atoms with Crippen LogP contribution in [0.2, 0.25) is 0 Å². The van der Waals surface area contributed by atoms with E-state index in [1.165, 1.54) is 6.07 Å². The zero-order valence-corrected chi connectivity index (χ0v) is 46.2. The fraction of sp³-hybridized carbons (Fsp3) is 0.0959. The van der Waals surface area contributed by atoms with Gasteiger partial charge in [0.25, 0.3) is 0 Å². The number of imidazole rings is 1. The molecule has 0 saturated carbocycles. The van der Waals surface area contributed by atoms with E-state index in [1.807, 2.05) is 164 Å². The molecule has 10 aromatic carbocycles. The van der Waals surface area contributed by atoms with Gasteiger partial charge in [-0.15, -0.1) is 0 Å². The summed E-state index contributed by atoms with van der Waals surface area (Å²) in [5.41, 5.74) is 9.64. The number of hydrogen-bond acceptors (Lipinski definition) is 3. The van der Waals surface area contributed by atoms with Crippen molar-refractivity contribution >= 4 is 56.8 Å². The summed E-state index contributed by atoms with van der Waals surface area (Å²) in [6, 6.07) is 64.8. The van der Waals surface area contributed by atoms with Crippen LogP contribution >= 0.6 is 0 Å². The molecule has 394 valence electrons. The quantitative estimate of drug-likeness (QED) is 0.114. The maximum absolute atomic E-state index is 9.59. The van der Waals surface area contributed by atoms with E-state index in [4.69, 9.17) is 20.7 Å². The summed E-state index contributed by atoms with van der Waals surface area (Å²) in [6.45, 7) is -5.80. The van der Waals surface area contributed by atoms with Crippen molar-refractivity contribution in [1.29, 1.82) is 0 Å². The number of hydrogen-bond donors (Lipinski definition) is 0. The van der Waals surface area contributed by atoms with Crippen molar-refractivity contribution in [2.75, 3.05) is 4.81 Å². The van der Waals surface area contributed by atoms with Gasteiger partial charge in [-0.05, 0) is 12.9 Å². The molecule has 0 N–H and O–H groups in total. The number of benzene rings is 10. The first kappa shape index (κ1) is 36.3. The normalized spacial score (nSPS) is 15.5. The van der Waals surface area contributed by atoms with E-state index in [0.717, 1.165) is 38.5 Å². The number of para-hydroxylation sites is 4. The third kappa shape index (κ3) is 8.88. The molecule has 0 atom stereocenters. The number of rotatable bonds is 12. The Morgan fingerprint density at radius 1 is 0.568 bits per heavy atom. The summed E-state index contributed by atoms with van der Waals surface area (Å²) in [4.78, 5) is 6.98. The molecule has 0 radical (unpaired) electrons. The minimum Gasteiger partial charge on any atom is -0.0615 e. The minimum absolute atomic E-state index is 0.0166. The number of anilines is 2. The molecule has 8 heteroatoms. The summed E-state index contributed by atoms with van der Waals surface area (Å²) in [5, 5.41) is 1.61. The molecule has 0 saturated heterocycles. The van der Waals surface area contributed by atoms with Gasteiger partial charge in [0.05, 0.1) is 5.48 Å². The number of pyridine rings is 1. The van der Waals surface area contributed by atoms with Crippen LogP contribution in [0.5, 0.6) is 11.6 Å². The fourth-order valence-corrected chi connectivity index (χ4v) is 12.6. The first-order valence-electron chi connectivity index (χ1n) is 34.2. The molecule has 14 rings (SSSR count). The first-order valence-corrected chi connectivity index (χ1v) is 27.8. The molecule has 4 heterocycles. The average molecular weight is 1240 g/mol. The monoisotopic (exact) mass is 1240 g/mol. The predicted molar refractivity (Wildman–Crippen MR) is 333 cm³/mol. The Morgan fingerprint density at radius 2 is 1.17 bits per heavy atom. The van der Waals surface area contributed by atoms with E-state index in [9.17, 15) is 9.60 Å². The van der Waals surface area contributed by atoms with Crippen LogP contribution in [0.3, 0.4) is 0 Å². The number of fused-ring (bicyclic) bond motifs is 4. The van der Waals surface area contributed by atoms with Crippen molar-refractivity contribution in [3.8, 4) is 67.5 Å². The molecule has 1 aliphatic rings. The number of aryl methyl sites for hydroxylation is 2. The van der Waals surface area contributed by atoms with E-state index in [1.54, 1.807) is 59.4 Å². The molecule has 0 spiro atoms. The van der Waals surface area contributed by atoms with Crippen LogP contribution in [-0.4, -0.2) is 25.6 Å². The zero-order chi connectivity index (χ0) is 67.7. The SMILES string of the molecule is [2H]c1c([2H])c(C([2H])([2H])[2H])c([2H])c([2H])c1B1N(c2cc(C([2H])([2H])[2H])c(-c3ccccc3)c(Oc3cccc(-n4[c](=[Pt])n(-c5c(-c6ccc(-c7ccccc7)cc6)cc(C([2H])([2H])C(C)C)cc5-c5ccc(C([2H])([2H])[2H])cc5)c5ccccc54)c3)n2)c2cccc3c4ccccc4n1c23. The van der Waals surface area contributed by atoms with Crippen molar-refractivity contribution in [3.63, 3.8) is 0 Å². The van der Waals surface area contributed by atoms with Gasteiger partial charge in [0, 0.05) is 20.4 Å². The van der Waals surface area contributed by atoms with Crippen LogP contribution in [0.15, 0.2) is 243 Å². The van der Waals surface area contributed by atoms with Gasteiger partial charge in [-0.1, -0.05) is 60.1 Å². The molecule has 13 aromatic rings. The Balaban J connectivity index is 0.983. The van der Waals surface area contributed by atoms with Gasteiger partial charge in [0.1, 0.15) is 0 Å². The third-order valence-electron chi connectivity index (χ3n) is 14.9. The van der Waals surface area contributed by atoms with Crippen LogP contribution in [0, 0.1) is 30.3 Å². The summed E-state index contributed by atoms with van der Waals surface area (Å²) >= 11 is 2.30. The van der Waals surface area contributed by atoms with Crippen LogP contribution in [0.25, 0.3) is 88.7 Å². The third-order valence-corrected chi connectivity index (χ3v) is 15.9. The summed E-state index contributed by atoms with van der Waals surface area (Å²) in [6.07, 6.45) is -1.81. The van der Waals surface area contributed by atoms with Gasteiger partial charge in [-0.25, -0.2) is 0 Å². The molecular formula is C73H58BN5OPt. The second-order valence-corrected chi connectivity index (χ2v) is 21.4. The Hall–Kier alpha value is -9.03. The van der Waals surface area contributed by atoms with E-state index in [-0.39, 0.29) is 39.6 Å². The molecular weight excluding hydrogens is 1170 g/mol. The Kier molecular flexibility index (Phi) is 9.21. The second-order valence-electron chi connectivity index (χ2n) is 20.4. The van der Waals surface area contributed by atoms with Gasteiger partial charge < -0.3 is 0 Å². The van der Waals surface area contributed by atoms with E-state index in [2.05, 4.69) is 40.6 Å². The standard InChI is InChI=1S/C73H58BN5O.Pt/c1-48(2)42-52-44-63(55-34-30-49(3)31-35-55)71(64(45-52)56-38-36-54(37-39-56)53-18-8-6-9-19-53)77-47-76(66-27-14-15-28-67(66)77)59-22-16-23-60(46-59)80-73-70(57-20-10-7-11-21-57)51(5)43-69(75-73)78-68-29-17-25-62-61-24-12-13-26-65(61)79(72(62)68)74(78)58-40-32-50(4)33-41-58;/h6-41,43-46,48H,42H2,1-5H3;/i3D3,4D3,5D3,32D,33D,40D,41D,42D2;. The van der Waals surface area contributed by atoms with Gasteiger partial charge in [0.15, 0.2) is 0 Å². The maximum atomic E-state index is 9.59. The van der Waals surface area contributed by atoms with Gasteiger partial charge in [0.2, 0.25) is 0 Å². The minimum atomic E-state index is -2.99. The van der Waals surface area contributed by atoms with Crippen molar-refractivity contribution < 1.29 is 44.7 Å². The molecule has 0 fully saturated rings. The van der Waals surface area contributed by atoms with Gasteiger partial charge in [-0.3, -0.25) is 0 Å². The molecule has 0 aliphatic carbocycles. The first-order chi connectivity index (χ1) is 45.7. The van der Waals surface area contributed by atoms with Crippen molar-refractivity contribution in [1.82, 2.24) is 18.6 Å². The summed E-state index contributed by atoms with van der Waals surface area (Å²) < 4.78 is 148. The molecule has 6 nitrogen and oxygen atoms in total. The number of aromatic nitrogens is 4. The zero-order valence-electron chi connectivity index (χ0n) is 58.9. The van der Waals surface area contributed by atoms with E-state index >= 15 is 0 Å². The molecule has 0 bridgehead atoms. The molecule has 1 aliphatic heterocycles. The summed E-state index contributed by atoms with van der Waals surface area (Å²) in [7, 11) is 0. The summed E-state index contributed by atoms with van der Waals surface area (Å²) in [5.74, 6) is -0.291. The predicted octanol–water partition coefficient (Wildman–Crippen LogP) is 18.0. The molecule has 3 aromatic heterocycles. The Bertz CT molecular complexity index is 5290. The van der Waals surface area contributed by atoms with Crippen molar-refractivity contribution in [3.05, 3.63) is 269 Å². The Morgan fingerprint density at radius 3 is 1.86 bits per heavy atom. The van der Waals surface area contributed by atoms with E-state index < -0.39 is 69.6 Å². The molecule has 0 unspecified atom stereocenters. The van der Waals surface area contributed by atoms with Crippen molar-refractivity contribution in [2.24, 2.45) is 5.92 Å². The second kappa shape index (κ2) is 20.6. The van der Waals surface area contributed by atoms with Crippen LogP contribution in [0.4, 0.5) is 11.5 Å². The topological polar surface area (TPSA) is 40.1 Å². The molecule has 0 amide bonds. The Labute approximate surface area is 505 Å². The molecule has 81 heavy (non-hydrogen) atoms. The van der Waals surface area contributed by atoms with Gasteiger partial charge >= 0.3 is 409 Å².